The van der Waals surface area contributed by atoms with E-state index in [4.69, 9.17) is 5.11 Å². The molecule has 1 rings (SSSR count). The molecule has 0 aliphatic carbocycles. The van der Waals surface area contributed by atoms with Gasteiger partial charge in [0.25, 0.3) is 0 Å². The number of aliphatic carboxylic acids is 1. The molecule has 0 saturated heterocycles. The molecule has 104 valence electrons. The monoisotopic (exact) mass is 264 g/mol. The lowest BCUT2D eigenvalue weighted by Gasteiger charge is -2.30. The van der Waals surface area contributed by atoms with Crippen LogP contribution in [0, 0.1) is 5.41 Å². The fourth-order valence-electron chi connectivity index (χ4n) is 1.66. The standard InChI is InChI=1S/C14H20N2O3/c1-14(2,3)11(9-13(18)19)16-12(17)8-10-6-4-5-7-15-10/h4-7,11H,8-9H2,1-3H3,(H,16,17)(H,18,19). The minimum atomic E-state index is -0.918. The van der Waals surface area contributed by atoms with Crippen LogP contribution in [0.1, 0.15) is 32.9 Å². The highest BCUT2D eigenvalue weighted by Crippen LogP contribution is 2.21. The highest BCUT2D eigenvalue weighted by Gasteiger charge is 2.28. The van der Waals surface area contributed by atoms with Crippen molar-refractivity contribution in [1.29, 1.82) is 0 Å². The Hall–Kier alpha value is -1.91. The molecule has 5 heteroatoms. The number of carbonyl (C=O) groups excluding carboxylic acids is 1. The first-order valence-corrected chi connectivity index (χ1v) is 6.20. The molecule has 0 bridgehead atoms. The Bertz CT molecular complexity index is 438. The van der Waals surface area contributed by atoms with Crippen molar-refractivity contribution in [3.05, 3.63) is 30.1 Å². The van der Waals surface area contributed by atoms with E-state index in [0.717, 1.165) is 0 Å². The summed E-state index contributed by atoms with van der Waals surface area (Å²) in [6.07, 6.45) is 1.70. The molecule has 0 spiro atoms. The maximum atomic E-state index is 11.9. The van der Waals surface area contributed by atoms with Crippen LogP contribution in [0.3, 0.4) is 0 Å². The van der Waals surface area contributed by atoms with Gasteiger partial charge in [0.1, 0.15) is 0 Å². The molecule has 1 atom stereocenters. The molecule has 0 aliphatic heterocycles. The van der Waals surface area contributed by atoms with E-state index < -0.39 is 12.0 Å². The molecule has 2 N–H and O–H groups in total. The number of nitrogens with zero attached hydrogens (tertiary/aromatic N) is 1. The lowest BCUT2D eigenvalue weighted by molar-refractivity contribution is -0.138. The summed E-state index contributed by atoms with van der Waals surface area (Å²) < 4.78 is 0. The second kappa shape index (κ2) is 6.31. The summed E-state index contributed by atoms with van der Waals surface area (Å²) in [7, 11) is 0. The van der Waals surface area contributed by atoms with Crippen LogP contribution < -0.4 is 5.32 Å². The van der Waals surface area contributed by atoms with Crippen LogP contribution in [0.5, 0.6) is 0 Å². The van der Waals surface area contributed by atoms with Crippen molar-refractivity contribution < 1.29 is 14.7 Å². The average molecular weight is 264 g/mol. The Morgan fingerprint density at radius 1 is 1.37 bits per heavy atom. The summed E-state index contributed by atoms with van der Waals surface area (Å²) in [5, 5.41) is 11.7. The van der Waals surface area contributed by atoms with Crippen LogP contribution >= 0.6 is 0 Å². The van der Waals surface area contributed by atoms with Gasteiger partial charge in [0.05, 0.1) is 12.8 Å². The van der Waals surface area contributed by atoms with Gasteiger partial charge in [-0.05, 0) is 17.5 Å². The predicted octanol–water partition coefficient (Wildman–Crippen LogP) is 1.63. The van der Waals surface area contributed by atoms with E-state index in [-0.39, 0.29) is 24.2 Å². The summed E-state index contributed by atoms with van der Waals surface area (Å²) in [6, 6.07) is 4.96. The van der Waals surface area contributed by atoms with Crippen molar-refractivity contribution in [3.8, 4) is 0 Å². The molecule has 1 aromatic rings. The lowest BCUT2D eigenvalue weighted by atomic mass is 9.84. The molecule has 0 aliphatic rings. The number of rotatable bonds is 5. The fraction of sp³-hybridized carbons (Fsp3) is 0.500. The van der Waals surface area contributed by atoms with E-state index in [1.54, 1.807) is 18.3 Å². The van der Waals surface area contributed by atoms with Crippen LogP contribution in [0.25, 0.3) is 0 Å². The summed E-state index contributed by atoms with van der Waals surface area (Å²) in [4.78, 5) is 26.8. The molecule has 19 heavy (non-hydrogen) atoms. The van der Waals surface area contributed by atoms with Crippen LogP contribution in [0.2, 0.25) is 0 Å². The molecule has 0 radical (unpaired) electrons. The molecule has 1 unspecified atom stereocenters. The number of carbonyl (C=O) groups is 2. The van der Waals surface area contributed by atoms with Gasteiger partial charge < -0.3 is 10.4 Å². The third-order valence-electron chi connectivity index (χ3n) is 2.83. The third kappa shape index (κ3) is 5.50. The van der Waals surface area contributed by atoms with Gasteiger partial charge in [-0.2, -0.15) is 0 Å². The zero-order valence-electron chi connectivity index (χ0n) is 11.5. The Labute approximate surface area is 113 Å². The van der Waals surface area contributed by atoms with Crippen molar-refractivity contribution in [3.63, 3.8) is 0 Å². The molecular formula is C14H20N2O3. The quantitative estimate of drug-likeness (QED) is 0.847. The number of carboxylic acids is 1. The molecular weight excluding hydrogens is 244 g/mol. The van der Waals surface area contributed by atoms with Crippen LogP contribution in [0.4, 0.5) is 0 Å². The number of hydrogen-bond donors (Lipinski definition) is 2. The maximum Gasteiger partial charge on any atom is 0.305 e. The molecule has 0 fully saturated rings. The smallest absolute Gasteiger partial charge is 0.305 e. The zero-order chi connectivity index (χ0) is 14.5. The van der Waals surface area contributed by atoms with Crippen molar-refractivity contribution in [1.82, 2.24) is 10.3 Å². The minimum Gasteiger partial charge on any atom is -0.481 e. The Morgan fingerprint density at radius 3 is 2.53 bits per heavy atom. The first-order chi connectivity index (χ1) is 8.79. The number of pyridine rings is 1. The van der Waals surface area contributed by atoms with Gasteiger partial charge in [0.15, 0.2) is 0 Å². The molecule has 1 amide bonds. The molecule has 0 aromatic carbocycles. The zero-order valence-corrected chi connectivity index (χ0v) is 11.5. The number of nitrogens with one attached hydrogen (secondary N) is 1. The maximum absolute atomic E-state index is 11.9. The van der Waals surface area contributed by atoms with E-state index in [2.05, 4.69) is 10.3 Å². The molecule has 1 heterocycles. The second-order valence-corrected chi connectivity index (χ2v) is 5.58. The normalized spacial score (nSPS) is 12.8. The fourth-order valence-corrected chi connectivity index (χ4v) is 1.66. The lowest BCUT2D eigenvalue weighted by Crippen LogP contribution is -2.45. The van der Waals surface area contributed by atoms with E-state index >= 15 is 0 Å². The van der Waals surface area contributed by atoms with Crippen LogP contribution in [0.15, 0.2) is 24.4 Å². The number of carboxylic acid groups (broad SMARTS) is 1. The summed E-state index contributed by atoms with van der Waals surface area (Å²) in [5.74, 6) is -1.13. The van der Waals surface area contributed by atoms with Gasteiger partial charge in [0.2, 0.25) is 5.91 Å². The number of aromatic nitrogens is 1. The van der Waals surface area contributed by atoms with Crippen molar-refractivity contribution >= 4 is 11.9 Å². The minimum absolute atomic E-state index is 0.0859. The summed E-state index contributed by atoms with van der Waals surface area (Å²) in [5.41, 5.74) is 0.362. The SMILES string of the molecule is CC(C)(C)C(CC(=O)O)NC(=O)Cc1ccccn1. The van der Waals surface area contributed by atoms with Gasteiger partial charge in [0, 0.05) is 17.9 Å². The second-order valence-electron chi connectivity index (χ2n) is 5.58. The van der Waals surface area contributed by atoms with E-state index in [1.165, 1.54) is 0 Å². The predicted molar refractivity (Wildman–Crippen MR) is 71.6 cm³/mol. The first kappa shape index (κ1) is 15.1. The van der Waals surface area contributed by atoms with Gasteiger partial charge in [-0.15, -0.1) is 0 Å². The van der Waals surface area contributed by atoms with Crippen LogP contribution in [-0.4, -0.2) is 28.0 Å². The van der Waals surface area contributed by atoms with Crippen molar-refractivity contribution in [2.45, 2.75) is 39.7 Å². The Morgan fingerprint density at radius 2 is 2.05 bits per heavy atom. The van der Waals surface area contributed by atoms with Gasteiger partial charge in [-0.3, -0.25) is 14.6 Å². The highest BCUT2D eigenvalue weighted by atomic mass is 16.4. The van der Waals surface area contributed by atoms with E-state index in [1.807, 2.05) is 26.8 Å². The van der Waals surface area contributed by atoms with Crippen molar-refractivity contribution in [2.75, 3.05) is 0 Å². The van der Waals surface area contributed by atoms with Crippen LogP contribution in [-0.2, 0) is 16.0 Å². The molecule has 5 nitrogen and oxygen atoms in total. The number of amides is 1. The molecule has 1 aromatic heterocycles. The van der Waals surface area contributed by atoms with Gasteiger partial charge in [-0.25, -0.2) is 0 Å². The van der Waals surface area contributed by atoms with Gasteiger partial charge in [-0.1, -0.05) is 26.8 Å². The average Bonchev–Trinajstić information content (AvgIpc) is 2.27. The van der Waals surface area contributed by atoms with Gasteiger partial charge >= 0.3 is 5.97 Å². The summed E-state index contributed by atoms with van der Waals surface area (Å²) >= 11 is 0. The van der Waals surface area contributed by atoms with E-state index in [9.17, 15) is 9.59 Å². The largest absolute Gasteiger partial charge is 0.481 e. The number of hydrogen-bond acceptors (Lipinski definition) is 3. The summed E-state index contributed by atoms with van der Waals surface area (Å²) in [6.45, 7) is 5.71. The highest BCUT2D eigenvalue weighted by molar-refractivity contribution is 5.79. The topological polar surface area (TPSA) is 79.3 Å². The third-order valence-corrected chi connectivity index (χ3v) is 2.83. The first-order valence-electron chi connectivity index (χ1n) is 6.20. The molecule has 0 saturated carbocycles. The van der Waals surface area contributed by atoms with E-state index in [0.29, 0.717) is 5.69 Å². The Balaban J connectivity index is 2.64. The Kier molecular flexibility index (Phi) is 5.03. The van der Waals surface area contributed by atoms with Crippen molar-refractivity contribution in [2.24, 2.45) is 5.41 Å².